The van der Waals surface area contributed by atoms with Crippen LogP contribution in [0.15, 0.2) is 46.7 Å². The van der Waals surface area contributed by atoms with Crippen LogP contribution in [0.25, 0.3) is 0 Å². The van der Waals surface area contributed by atoms with Crippen LogP contribution in [0.2, 0.25) is 0 Å². The molecule has 1 aromatic carbocycles. The average molecular weight is 346 g/mol. The molecule has 2 aromatic rings. The van der Waals surface area contributed by atoms with Crippen LogP contribution in [0, 0.1) is 11.3 Å². The molecule has 2 rings (SSSR count). The minimum absolute atomic E-state index is 0.0704. The summed E-state index contributed by atoms with van der Waals surface area (Å²) < 4.78 is 1.88. The van der Waals surface area contributed by atoms with Crippen LogP contribution >= 0.6 is 23.5 Å². The van der Waals surface area contributed by atoms with Crippen LogP contribution in [0.5, 0.6) is 0 Å². The first-order chi connectivity index (χ1) is 11.1. The van der Waals surface area contributed by atoms with Crippen molar-refractivity contribution in [2.24, 2.45) is 7.05 Å². The number of benzene rings is 1. The van der Waals surface area contributed by atoms with Crippen LogP contribution in [0.4, 0.5) is 5.69 Å². The van der Waals surface area contributed by atoms with Crippen LogP contribution in [0.3, 0.4) is 0 Å². The largest absolute Gasteiger partial charge is 0.329 e. The third kappa shape index (κ3) is 5.34. The normalized spacial score (nSPS) is 11.7. The monoisotopic (exact) mass is 346 g/mol. The number of nitriles is 1. The van der Waals surface area contributed by atoms with Gasteiger partial charge in [-0.05, 0) is 12.1 Å². The summed E-state index contributed by atoms with van der Waals surface area (Å²) in [6.07, 6.45) is 4.04. The summed E-state index contributed by atoms with van der Waals surface area (Å²) in [5, 5.41) is 12.7. The summed E-state index contributed by atoms with van der Waals surface area (Å²) in [5.74, 6) is 0.233. The third-order valence-corrected chi connectivity index (χ3v) is 5.21. The second-order valence-corrected chi connectivity index (χ2v) is 7.37. The molecule has 23 heavy (non-hydrogen) atoms. The van der Waals surface area contributed by atoms with Gasteiger partial charge in [-0.1, -0.05) is 30.8 Å². The molecule has 5 nitrogen and oxygen atoms in total. The molecular formula is C16H18N4OS2. The highest BCUT2D eigenvalue weighted by Gasteiger charge is 2.11. The zero-order valence-electron chi connectivity index (χ0n) is 13.0. The Morgan fingerprint density at radius 3 is 2.96 bits per heavy atom. The number of aryl methyl sites for hydroxylation is 1. The fourth-order valence-electron chi connectivity index (χ4n) is 1.87. The predicted molar refractivity (Wildman–Crippen MR) is 94.6 cm³/mol. The van der Waals surface area contributed by atoms with Gasteiger partial charge in [0.2, 0.25) is 5.91 Å². The predicted octanol–water partition coefficient (Wildman–Crippen LogP) is 3.55. The van der Waals surface area contributed by atoms with E-state index in [4.69, 9.17) is 5.26 Å². The molecule has 0 spiro atoms. The second kappa shape index (κ2) is 8.65. The number of hydrogen-bond acceptors (Lipinski definition) is 5. The fourth-order valence-corrected chi connectivity index (χ4v) is 3.59. The van der Waals surface area contributed by atoms with E-state index in [2.05, 4.69) is 16.4 Å². The van der Waals surface area contributed by atoms with E-state index >= 15 is 0 Å². The molecule has 0 aliphatic heterocycles. The lowest BCUT2D eigenvalue weighted by atomic mass is 10.3. The number of nitrogens with one attached hydrogen (secondary N) is 1. The number of rotatable bonds is 7. The Morgan fingerprint density at radius 1 is 1.48 bits per heavy atom. The van der Waals surface area contributed by atoms with Crippen molar-refractivity contribution in [3.8, 4) is 6.07 Å². The van der Waals surface area contributed by atoms with Gasteiger partial charge >= 0.3 is 0 Å². The van der Waals surface area contributed by atoms with Crippen molar-refractivity contribution < 1.29 is 4.79 Å². The molecule has 0 aliphatic rings. The molecule has 120 valence electrons. The molecule has 0 radical (unpaired) electrons. The highest BCUT2D eigenvalue weighted by atomic mass is 32.2. The van der Waals surface area contributed by atoms with E-state index < -0.39 is 0 Å². The number of carbonyl (C=O) groups is 1. The van der Waals surface area contributed by atoms with Crippen molar-refractivity contribution in [2.45, 2.75) is 28.6 Å². The highest BCUT2D eigenvalue weighted by molar-refractivity contribution is 8.00. The van der Waals surface area contributed by atoms with Gasteiger partial charge in [0.05, 0.1) is 17.5 Å². The molecule has 7 heteroatoms. The van der Waals surface area contributed by atoms with Crippen LogP contribution in [-0.4, -0.2) is 26.5 Å². The molecule has 1 N–H and O–H groups in total. The summed E-state index contributed by atoms with van der Waals surface area (Å²) in [6, 6.07) is 9.83. The summed E-state index contributed by atoms with van der Waals surface area (Å²) in [4.78, 5) is 17.3. The van der Waals surface area contributed by atoms with Crippen molar-refractivity contribution in [1.82, 2.24) is 9.55 Å². The minimum atomic E-state index is -0.0704. The van der Waals surface area contributed by atoms with E-state index in [-0.39, 0.29) is 11.2 Å². The van der Waals surface area contributed by atoms with Crippen molar-refractivity contribution in [3.05, 3.63) is 36.7 Å². The van der Waals surface area contributed by atoms with Gasteiger partial charge in [-0.2, -0.15) is 5.26 Å². The van der Waals surface area contributed by atoms with E-state index in [9.17, 15) is 4.79 Å². The summed E-state index contributed by atoms with van der Waals surface area (Å²) >= 11 is 2.99. The lowest BCUT2D eigenvalue weighted by Crippen LogP contribution is -2.15. The van der Waals surface area contributed by atoms with E-state index in [0.717, 1.165) is 15.7 Å². The second-order valence-electron chi connectivity index (χ2n) is 4.94. The number of imidazole rings is 1. The Bertz CT molecular complexity index is 708. The molecule has 1 aromatic heterocycles. The molecule has 0 bridgehead atoms. The van der Waals surface area contributed by atoms with Crippen molar-refractivity contribution in [2.75, 3.05) is 11.1 Å². The molecule has 0 saturated carbocycles. The van der Waals surface area contributed by atoms with Gasteiger partial charge in [-0.25, -0.2) is 4.98 Å². The third-order valence-electron chi connectivity index (χ3n) is 2.98. The molecule has 0 saturated heterocycles. The van der Waals surface area contributed by atoms with E-state index in [0.29, 0.717) is 12.2 Å². The van der Waals surface area contributed by atoms with E-state index in [1.807, 2.05) is 49.0 Å². The smallest absolute Gasteiger partial charge is 0.234 e. The van der Waals surface area contributed by atoms with Gasteiger partial charge in [0, 0.05) is 36.0 Å². The number of thioether (sulfide) groups is 2. The first kappa shape index (κ1) is 17.4. The van der Waals surface area contributed by atoms with E-state index in [1.54, 1.807) is 18.0 Å². The number of amides is 1. The number of aromatic nitrogens is 2. The zero-order valence-corrected chi connectivity index (χ0v) is 14.7. The average Bonchev–Trinajstić information content (AvgIpc) is 2.93. The first-order valence-corrected chi connectivity index (χ1v) is 8.99. The van der Waals surface area contributed by atoms with Crippen molar-refractivity contribution >= 4 is 35.1 Å². The molecule has 0 fully saturated rings. The minimum Gasteiger partial charge on any atom is -0.329 e. The first-order valence-electron chi connectivity index (χ1n) is 7.12. The number of carbonyl (C=O) groups excluding carboxylic acids is 1. The van der Waals surface area contributed by atoms with Crippen LogP contribution in [0.1, 0.15) is 13.3 Å². The van der Waals surface area contributed by atoms with Gasteiger partial charge in [0.1, 0.15) is 0 Å². The molecule has 0 unspecified atom stereocenters. The quantitative estimate of drug-likeness (QED) is 0.776. The van der Waals surface area contributed by atoms with Crippen LogP contribution in [-0.2, 0) is 11.8 Å². The van der Waals surface area contributed by atoms with Gasteiger partial charge < -0.3 is 9.88 Å². The summed E-state index contributed by atoms with van der Waals surface area (Å²) in [7, 11) is 1.90. The number of anilines is 1. The Hall–Kier alpha value is -1.91. The summed E-state index contributed by atoms with van der Waals surface area (Å²) in [6.45, 7) is 2.00. The maximum absolute atomic E-state index is 12.2. The number of hydrogen-bond donors (Lipinski definition) is 1. The Kier molecular flexibility index (Phi) is 6.56. The lowest BCUT2D eigenvalue weighted by Gasteiger charge is -2.13. The van der Waals surface area contributed by atoms with Crippen LogP contribution < -0.4 is 5.32 Å². The topological polar surface area (TPSA) is 70.7 Å². The maximum Gasteiger partial charge on any atom is 0.234 e. The van der Waals surface area contributed by atoms with E-state index in [1.165, 1.54) is 11.8 Å². The van der Waals surface area contributed by atoms with Gasteiger partial charge in [0.15, 0.2) is 5.16 Å². The number of para-hydroxylation sites is 1. The molecule has 1 atom stereocenters. The van der Waals surface area contributed by atoms with Gasteiger partial charge in [0.25, 0.3) is 0 Å². The highest BCUT2D eigenvalue weighted by Crippen LogP contribution is 2.31. The molecular weight excluding hydrogens is 328 g/mol. The van der Waals surface area contributed by atoms with Gasteiger partial charge in [-0.3, -0.25) is 4.79 Å². The zero-order chi connectivity index (χ0) is 16.7. The number of nitrogens with zero attached hydrogens (tertiary/aromatic N) is 3. The maximum atomic E-state index is 12.2. The Balaban J connectivity index is 1.95. The summed E-state index contributed by atoms with van der Waals surface area (Å²) in [5.41, 5.74) is 0.785. The standard InChI is InChI=1S/C16H18N4OS2/c1-12(7-8-17)23-14-6-4-3-5-13(14)19-15(21)11-22-16-18-9-10-20(16)2/h3-6,9-10,12H,7,11H2,1-2H3,(H,19,21)/t12-/m1/s1. The fraction of sp³-hybridized carbons (Fsp3) is 0.312. The molecule has 1 heterocycles. The SMILES string of the molecule is C[C@H](CC#N)Sc1ccccc1NC(=O)CSc1nccn1C. The van der Waals surface area contributed by atoms with Gasteiger partial charge in [-0.15, -0.1) is 11.8 Å². The molecule has 1 amide bonds. The van der Waals surface area contributed by atoms with Crippen molar-refractivity contribution in [3.63, 3.8) is 0 Å². The van der Waals surface area contributed by atoms with Crippen molar-refractivity contribution in [1.29, 1.82) is 5.26 Å². The Labute approximate surface area is 144 Å². The molecule has 0 aliphatic carbocycles. The lowest BCUT2D eigenvalue weighted by molar-refractivity contribution is -0.113. The Morgan fingerprint density at radius 2 is 2.26 bits per heavy atom.